The molecule has 1 amide bonds. The first-order chi connectivity index (χ1) is 11.1. The molecular formula is C16H22N2O5S. The highest BCUT2D eigenvalue weighted by Crippen LogP contribution is 2.22. The Morgan fingerprint density at radius 1 is 1.29 bits per heavy atom. The van der Waals surface area contributed by atoms with Crippen molar-refractivity contribution in [2.45, 2.75) is 56.0 Å². The van der Waals surface area contributed by atoms with E-state index in [4.69, 9.17) is 5.11 Å². The Morgan fingerprint density at radius 3 is 2.54 bits per heavy atom. The quantitative estimate of drug-likeness (QED) is 0.655. The van der Waals surface area contributed by atoms with Crippen LogP contribution in [0.5, 0.6) is 0 Å². The molecule has 1 aromatic carbocycles. The van der Waals surface area contributed by atoms with Crippen LogP contribution < -0.4 is 10.0 Å². The Labute approximate surface area is 141 Å². The van der Waals surface area contributed by atoms with Gasteiger partial charge >= 0.3 is 5.97 Å². The molecule has 3 N–H and O–H groups in total. The summed E-state index contributed by atoms with van der Waals surface area (Å²) >= 11 is 0. The molecule has 1 aliphatic carbocycles. The molecule has 1 saturated carbocycles. The van der Waals surface area contributed by atoms with Crippen LogP contribution in [-0.4, -0.2) is 37.0 Å². The van der Waals surface area contributed by atoms with Gasteiger partial charge in [0.2, 0.25) is 10.0 Å². The Bertz CT molecular complexity index is 739. The summed E-state index contributed by atoms with van der Waals surface area (Å²) in [5.74, 6) is -1.37. The maximum Gasteiger partial charge on any atom is 0.303 e. The molecule has 7 nitrogen and oxygen atoms in total. The SMILES string of the molecule is CC(C)(CCC(=O)O)NC(=O)c1cccc(S(=O)(=O)NC2CC2)c1. The minimum atomic E-state index is -3.63. The normalized spacial score (nSPS) is 15.1. The number of nitrogens with one attached hydrogen (secondary N) is 2. The first-order valence-electron chi connectivity index (χ1n) is 7.76. The topological polar surface area (TPSA) is 113 Å². The smallest absolute Gasteiger partial charge is 0.303 e. The van der Waals surface area contributed by atoms with Crippen molar-refractivity contribution < 1.29 is 23.1 Å². The highest BCUT2D eigenvalue weighted by atomic mass is 32.2. The lowest BCUT2D eigenvalue weighted by Gasteiger charge is -2.25. The zero-order valence-corrected chi connectivity index (χ0v) is 14.5. The standard InChI is InChI=1S/C16H22N2O5S/c1-16(2,9-8-14(19)20)17-15(21)11-4-3-5-13(10-11)24(22,23)18-12-6-7-12/h3-5,10,12,18H,6-9H2,1-2H3,(H,17,21)(H,19,20). The predicted molar refractivity (Wildman–Crippen MR) is 88.2 cm³/mol. The van der Waals surface area contributed by atoms with Gasteiger partial charge in [0, 0.05) is 23.6 Å². The van der Waals surface area contributed by atoms with Crippen molar-refractivity contribution in [1.29, 1.82) is 0 Å². The lowest BCUT2D eigenvalue weighted by molar-refractivity contribution is -0.137. The molecule has 0 saturated heterocycles. The molecule has 132 valence electrons. The Morgan fingerprint density at radius 2 is 1.96 bits per heavy atom. The third-order valence-electron chi connectivity index (χ3n) is 3.72. The van der Waals surface area contributed by atoms with Gasteiger partial charge in [-0.05, 0) is 51.3 Å². The average Bonchev–Trinajstić information content (AvgIpc) is 3.28. The van der Waals surface area contributed by atoms with E-state index < -0.39 is 27.4 Å². The Kier molecular flexibility index (Phi) is 5.29. The molecule has 0 radical (unpaired) electrons. The number of benzene rings is 1. The number of carbonyl (C=O) groups excluding carboxylic acids is 1. The molecule has 1 fully saturated rings. The molecule has 0 unspecified atom stereocenters. The molecule has 24 heavy (non-hydrogen) atoms. The molecule has 0 heterocycles. The van der Waals surface area contributed by atoms with Gasteiger partial charge in [-0.1, -0.05) is 6.07 Å². The van der Waals surface area contributed by atoms with Crippen LogP contribution in [0.15, 0.2) is 29.2 Å². The van der Waals surface area contributed by atoms with Gasteiger partial charge in [0.05, 0.1) is 4.90 Å². The Balaban J connectivity index is 2.09. The molecule has 1 aliphatic rings. The van der Waals surface area contributed by atoms with Gasteiger partial charge in [-0.15, -0.1) is 0 Å². The minimum Gasteiger partial charge on any atom is -0.481 e. The number of hydrogen-bond acceptors (Lipinski definition) is 4. The van der Waals surface area contributed by atoms with Crippen LogP contribution >= 0.6 is 0 Å². The van der Waals surface area contributed by atoms with E-state index in [2.05, 4.69) is 10.0 Å². The van der Waals surface area contributed by atoms with E-state index in [9.17, 15) is 18.0 Å². The first kappa shape index (κ1) is 18.4. The van der Waals surface area contributed by atoms with Crippen molar-refractivity contribution in [3.63, 3.8) is 0 Å². The molecule has 0 aromatic heterocycles. The van der Waals surface area contributed by atoms with Gasteiger partial charge in [-0.25, -0.2) is 13.1 Å². The summed E-state index contributed by atoms with van der Waals surface area (Å²) in [6, 6.07) is 5.80. The number of carbonyl (C=O) groups is 2. The van der Waals surface area contributed by atoms with Crippen molar-refractivity contribution in [2.75, 3.05) is 0 Å². The number of amides is 1. The van der Waals surface area contributed by atoms with Crippen LogP contribution in [0.3, 0.4) is 0 Å². The van der Waals surface area contributed by atoms with Crippen molar-refractivity contribution in [3.8, 4) is 0 Å². The van der Waals surface area contributed by atoms with Crippen LogP contribution in [0.25, 0.3) is 0 Å². The average molecular weight is 354 g/mol. The summed E-state index contributed by atoms with van der Waals surface area (Å²) < 4.78 is 27.0. The molecule has 1 aromatic rings. The summed E-state index contributed by atoms with van der Waals surface area (Å²) in [6.07, 6.45) is 1.87. The number of carboxylic acid groups (broad SMARTS) is 1. The van der Waals surface area contributed by atoms with Crippen LogP contribution in [0.1, 0.15) is 49.9 Å². The number of rotatable bonds is 8. The van der Waals surface area contributed by atoms with E-state index in [0.717, 1.165) is 12.8 Å². The fourth-order valence-corrected chi connectivity index (χ4v) is 3.51. The highest BCUT2D eigenvalue weighted by Gasteiger charge is 2.28. The minimum absolute atomic E-state index is 0.0116. The summed E-state index contributed by atoms with van der Waals surface area (Å²) in [6.45, 7) is 3.45. The largest absolute Gasteiger partial charge is 0.481 e. The number of sulfonamides is 1. The highest BCUT2D eigenvalue weighted by molar-refractivity contribution is 7.89. The Hall–Kier alpha value is -1.93. The maximum atomic E-state index is 12.3. The van der Waals surface area contributed by atoms with Crippen molar-refractivity contribution in [2.24, 2.45) is 0 Å². The van der Waals surface area contributed by atoms with E-state index >= 15 is 0 Å². The number of carboxylic acids is 1. The van der Waals surface area contributed by atoms with Gasteiger partial charge in [0.15, 0.2) is 0 Å². The lowest BCUT2D eigenvalue weighted by Crippen LogP contribution is -2.43. The van der Waals surface area contributed by atoms with Crippen molar-refractivity contribution in [1.82, 2.24) is 10.0 Å². The second-order valence-corrected chi connectivity index (χ2v) is 8.37. The molecule has 0 aliphatic heterocycles. The van der Waals surface area contributed by atoms with Gasteiger partial charge < -0.3 is 10.4 Å². The zero-order valence-electron chi connectivity index (χ0n) is 13.7. The van der Waals surface area contributed by atoms with E-state index in [0.29, 0.717) is 0 Å². The van der Waals surface area contributed by atoms with E-state index in [1.165, 1.54) is 24.3 Å². The third-order valence-corrected chi connectivity index (χ3v) is 5.24. The molecule has 0 bridgehead atoms. The first-order valence-corrected chi connectivity index (χ1v) is 9.24. The van der Waals surface area contributed by atoms with Gasteiger partial charge in [0.25, 0.3) is 5.91 Å². The summed E-state index contributed by atoms with van der Waals surface area (Å²) in [5, 5.41) is 11.5. The lowest BCUT2D eigenvalue weighted by atomic mass is 9.98. The summed E-state index contributed by atoms with van der Waals surface area (Å²) in [4.78, 5) is 23.1. The number of hydrogen-bond donors (Lipinski definition) is 3. The summed E-state index contributed by atoms with van der Waals surface area (Å²) in [5.41, 5.74) is -0.492. The molecule has 0 spiro atoms. The molecule has 0 atom stereocenters. The van der Waals surface area contributed by atoms with E-state index in [1.54, 1.807) is 13.8 Å². The van der Waals surface area contributed by atoms with Crippen molar-refractivity contribution in [3.05, 3.63) is 29.8 Å². The van der Waals surface area contributed by atoms with Crippen LogP contribution in [0.4, 0.5) is 0 Å². The van der Waals surface area contributed by atoms with Crippen LogP contribution in [0, 0.1) is 0 Å². The van der Waals surface area contributed by atoms with E-state index in [-0.39, 0.29) is 29.3 Å². The van der Waals surface area contributed by atoms with E-state index in [1.807, 2.05) is 0 Å². The molecule has 2 rings (SSSR count). The van der Waals surface area contributed by atoms with Crippen molar-refractivity contribution >= 4 is 21.9 Å². The fourth-order valence-electron chi connectivity index (χ4n) is 2.15. The second kappa shape index (κ2) is 6.90. The molecule has 8 heteroatoms. The second-order valence-electron chi connectivity index (χ2n) is 6.66. The maximum absolute atomic E-state index is 12.3. The van der Waals surface area contributed by atoms with Crippen LogP contribution in [-0.2, 0) is 14.8 Å². The monoisotopic (exact) mass is 354 g/mol. The third kappa shape index (κ3) is 5.31. The van der Waals surface area contributed by atoms with Gasteiger partial charge in [-0.3, -0.25) is 9.59 Å². The van der Waals surface area contributed by atoms with Gasteiger partial charge in [-0.2, -0.15) is 0 Å². The summed E-state index contributed by atoms with van der Waals surface area (Å²) in [7, 11) is -3.63. The van der Waals surface area contributed by atoms with Gasteiger partial charge in [0.1, 0.15) is 0 Å². The molecular weight excluding hydrogens is 332 g/mol. The number of aliphatic carboxylic acids is 1. The fraction of sp³-hybridized carbons (Fsp3) is 0.500. The zero-order chi connectivity index (χ0) is 18.0. The predicted octanol–water partition coefficient (Wildman–Crippen LogP) is 1.50. The van der Waals surface area contributed by atoms with Crippen LogP contribution in [0.2, 0.25) is 0 Å².